The second kappa shape index (κ2) is 15.2. The lowest BCUT2D eigenvalue weighted by molar-refractivity contribution is -0.149. The molecule has 0 aliphatic heterocycles. The monoisotopic (exact) mass is 341 g/mol. The summed E-state index contributed by atoms with van der Waals surface area (Å²) < 4.78 is 5.08. The molecule has 5 heteroatoms. The van der Waals surface area contributed by atoms with Crippen LogP contribution in [0.1, 0.15) is 71.6 Å². The Bertz CT molecular complexity index is 355. The van der Waals surface area contributed by atoms with Crippen molar-refractivity contribution in [2.24, 2.45) is 5.92 Å². The number of unbranched alkanes of at least 4 members (excludes halogenated alkanes) is 6. The van der Waals surface area contributed by atoms with Crippen LogP contribution in [0.2, 0.25) is 0 Å². The molecule has 0 aromatic carbocycles. The van der Waals surface area contributed by atoms with Gasteiger partial charge >= 0.3 is 5.97 Å². The first-order valence-electron chi connectivity index (χ1n) is 9.20. The van der Waals surface area contributed by atoms with Gasteiger partial charge in [0.2, 0.25) is 5.91 Å². The second-order valence-electron chi connectivity index (χ2n) is 6.48. The normalized spacial score (nSPS) is 12.0. The number of esters is 1. The maximum atomic E-state index is 12.0. The number of hydrogen-bond donors (Lipinski definition) is 2. The molecule has 0 rings (SSSR count). The number of aliphatic hydroxyl groups is 1. The molecular weight excluding hydrogens is 306 g/mol. The molecule has 1 unspecified atom stereocenters. The molecule has 0 aliphatic carbocycles. The molecule has 0 heterocycles. The Morgan fingerprint density at radius 3 is 2.29 bits per heavy atom. The van der Waals surface area contributed by atoms with Crippen LogP contribution in [0, 0.1) is 5.92 Å². The van der Waals surface area contributed by atoms with Crippen molar-refractivity contribution in [2.45, 2.75) is 77.7 Å². The summed E-state index contributed by atoms with van der Waals surface area (Å²) in [5.74, 6) is -0.547. The van der Waals surface area contributed by atoms with E-state index < -0.39 is 12.0 Å². The van der Waals surface area contributed by atoms with Crippen molar-refractivity contribution >= 4 is 11.9 Å². The van der Waals surface area contributed by atoms with Crippen molar-refractivity contribution in [2.75, 3.05) is 13.2 Å². The van der Waals surface area contributed by atoms with Crippen LogP contribution in [-0.4, -0.2) is 36.2 Å². The van der Waals surface area contributed by atoms with E-state index in [0.717, 1.165) is 25.7 Å². The third kappa shape index (κ3) is 12.1. The van der Waals surface area contributed by atoms with Crippen molar-refractivity contribution in [3.8, 4) is 0 Å². The average Bonchev–Trinajstić information content (AvgIpc) is 2.55. The number of allylic oxidation sites excluding steroid dienone is 1. The molecule has 0 fully saturated rings. The Kier molecular flexibility index (Phi) is 14.3. The molecule has 5 nitrogen and oxygen atoms in total. The van der Waals surface area contributed by atoms with E-state index in [2.05, 4.69) is 11.9 Å². The molecule has 0 saturated heterocycles. The third-order valence-corrected chi connectivity index (χ3v) is 3.85. The van der Waals surface area contributed by atoms with Crippen LogP contribution < -0.4 is 5.32 Å². The fourth-order valence-corrected chi connectivity index (χ4v) is 2.35. The highest BCUT2D eigenvalue weighted by Crippen LogP contribution is 2.10. The van der Waals surface area contributed by atoms with Gasteiger partial charge in [-0.25, -0.2) is 4.79 Å². The molecule has 24 heavy (non-hydrogen) atoms. The van der Waals surface area contributed by atoms with E-state index in [1.807, 2.05) is 19.9 Å². The summed E-state index contributed by atoms with van der Waals surface area (Å²) >= 11 is 0. The number of hydrogen-bond acceptors (Lipinski definition) is 4. The van der Waals surface area contributed by atoms with Gasteiger partial charge in [0, 0.05) is 19.4 Å². The number of carbonyl (C=O) groups excluding carboxylic acids is 2. The number of ether oxygens (including phenoxy) is 1. The van der Waals surface area contributed by atoms with Crippen molar-refractivity contribution in [3.63, 3.8) is 0 Å². The van der Waals surface area contributed by atoms with Crippen molar-refractivity contribution in [3.05, 3.63) is 12.7 Å². The summed E-state index contributed by atoms with van der Waals surface area (Å²) in [6.45, 7) is 7.63. The molecule has 1 atom stereocenters. The zero-order chi connectivity index (χ0) is 18.2. The van der Waals surface area contributed by atoms with Gasteiger partial charge in [-0.3, -0.25) is 4.79 Å². The fraction of sp³-hybridized carbons (Fsp3) is 0.789. The van der Waals surface area contributed by atoms with Gasteiger partial charge in [0.25, 0.3) is 0 Å². The molecule has 0 saturated carbocycles. The van der Waals surface area contributed by atoms with Crippen LogP contribution in [0.4, 0.5) is 0 Å². The number of aliphatic hydroxyl groups excluding tert-OH is 1. The fourth-order valence-electron chi connectivity index (χ4n) is 2.35. The highest BCUT2D eigenvalue weighted by atomic mass is 16.5. The second-order valence-corrected chi connectivity index (χ2v) is 6.48. The van der Waals surface area contributed by atoms with Crippen molar-refractivity contribution in [1.82, 2.24) is 5.32 Å². The standard InChI is InChI=1S/C19H35NO4/c1-4-5-6-7-8-9-10-11-13-17(22)20-18(16(2)3)19(23)24-15-12-14-21/h4,16,18,21H,1,5-15H2,2-3H3,(H,20,22). The van der Waals surface area contributed by atoms with Crippen LogP contribution in [0.5, 0.6) is 0 Å². The van der Waals surface area contributed by atoms with E-state index in [9.17, 15) is 9.59 Å². The molecular formula is C19H35NO4. The third-order valence-electron chi connectivity index (χ3n) is 3.85. The summed E-state index contributed by atoms with van der Waals surface area (Å²) in [6.07, 6.45) is 10.5. The predicted octanol–water partition coefficient (Wildman–Crippen LogP) is 3.36. The molecule has 140 valence electrons. The van der Waals surface area contributed by atoms with Crippen LogP contribution in [0.15, 0.2) is 12.7 Å². The first kappa shape index (κ1) is 22.6. The van der Waals surface area contributed by atoms with Crippen LogP contribution in [0.3, 0.4) is 0 Å². The molecule has 1 amide bonds. The minimum atomic E-state index is -0.616. The molecule has 2 N–H and O–H groups in total. The molecule has 0 bridgehead atoms. The van der Waals surface area contributed by atoms with Crippen molar-refractivity contribution < 1.29 is 19.4 Å². The Morgan fingerprint density at radius 2 is 1.71 bits per heavy atom. The van der Waals surface area contributed by atoms with Crippen LogP contribution in [0.25, 0.3) is 0 Å². The number of rotatable bonds is 15. The molecule has 0 radical (unpaired) electrons. The number of nitrogens with one attached hydrogen (secondary N) is 1. The first-order chi connectivity index (χ1) is 11.5. The Balaban J connectivity index is 3.90. The van der Waals surface area contributed by atoms with E-state index in [4.69, 9.17) is 9.84 Å². The van der Waals surface area contributed by atoms with Gasteiger partial charge in [0.15, 0.2) is 0 Å². The zero-order valence-corrected chi connectivity index (χ0v) is 15.4. The largest absolute Gasteiger partial charge is 0.464 e. The maximum absolute atomic E-state index is 12.0. The summed E-state index contributed by atoms with van der Waals surface area (Å²) in [5, 5.41) is 11.5. The Labute approximate surface area is 146 Å². The van der Waals surface area contributed by atoms with Gasteiger partial charge in [-0.1, -0.05) is 45.6 Å². The minimum Gasteiger partial charge on any atom is -0.464 e. The van der Waals surface area contributed by atoms with E-state index in [0.29, 0.717) is 12.8 Å². The summed E-state index contributed by atoms with van der Waals surface area (Å²) in [6, 6.07) is -0.616. The predicted molar refractivity (Wildman–Crippen MR) is 96.6 cm³/mol. The molecule has 0 spiro atoms. The quantitative estimate of drug-likeness (QED) is 0.272. The Hall–Kier alpha value is -1.36. The van der Waals surface area contributed by atoms with Gasteiger partial charge in [-0.05, 0) is 25.2 Å². The molecule has 0 aliphatic rings. The smallest absolute Gasteiger partial charge is 0.328 e. The zero-order valence-electron chi connectivity index (χ0n) is 15.4. The lowest BCUT2D eigenvalue weighted by atomic mass is 10.0. The van der Waals surface area contributed by atoms with E-state index in [1.54, 1.807) is 0 Å². The molecule has 0 aromatic heterocycles. The maximum Gasteiger partial charge on any atom is 0.328 e. The van der Waals surface area contributed by atoms with Gasteiger partial charge in [-0.15, -0.1) is 6.58 Å². The summed E-state index contributed by atoms with van der Waals surface area (Å²) in [5.41, 5.74) is 0. The highest BCUT2D eigenvalue weighted by molar-refractivity contribution is 5.84. The van der Waals surface area contributed by atoms with E-state index >= 15 is 0 Å². The topological polar surface area (TPSA) is 75.6 Å². The van der Waals surface area contributed by atoms with Gasteiger partial charge in [0.1, 0.15) is 6.04 Å². The van der Waals surface area contributed by atoms with E-state index in [1.165, 1.54) is 19.3 Å². The van der Waals surface area contributed by atoms with Crippen molar-refractivity contribution in [1.29, 1.82) is 0 Å². The lowest BCUT2D eigenvalue weighted by Gasteiger charge is -2.20. The minimum absolute atomic E-state index is 0.0143. The summed E-state index contributed by atoms with van der Waals surface area (Å²) in [7, 11) is 0. The average molecular weight is 341 g/mol. The SMILES string of the molecule is C=CCCCCCCCCC(=O)NC(C(=O)OCCCO)C(C)C. The summed E-state index contributed by atoms with van der Waals surface area (Å²) in [4.78, 5) is 24.0. The van der Waals surface area contributed by atoms with Crippen LogP contribution >= 0.6 is 0 Å². The van der Waals surface area contributed by atoms with E-state index in [-0.39, 0.29) is 25.0 Å². The first-order valence-corrected chi connectivity index (χ1v) is 9.20. The van der Waals surface area contributed by atoms with Gasteiger partial charge in [0.05, 0.1) is 6.61 Å². The van der Waals surface area contributed by atoms with Crippen LogP contribution in [-0.2, 0) is 14.3 Å². The van der Waals surface area contributed by atoms with Gasteiger partial charge in [-0.2, -0.15) is 0 Å². The molecule has 0 aromatic rings. The lowest BCUT2D eigenvalue weighted by Crippen LogP contribution is -2.45. The van der Waals surface area contributed by atoms with Gasteiger partial charge < -0.3 is 15.2 Å². The number of carbonyl (C=O) groups is 2. The highest BCUT2D eigenvalue weighted by Gasteiger charge is 2.25. The Morgan fingerprint density at radius 1 is 1.08 bits per heavy atom. The number of amides is 1.